The fraction of sp³-hybridized carbons (Fsp3) is 0.875. The molecule has 5 nitrogen and oxygen atoms in total. The van der Waals surface area contributed by atoms with Crippen LogP contribution in [0.1, 0.15) is 0 Å². The van der Waals surface area contributed by atoms with Crippen LogP contribution in [-0.4, -0.2) is 64.0 Å². The topological polar surface area (TPSA) is 42.0 Å². The molecular formula is C8H18N2O3. The number of carbonyl (C=O) groups is 1. The number of ether oxygens (including phenoxy) is 2. The van der Waals surface area contributed by atoms with Crippen LogP contribution in [-0.2, 0) is 9.47 Å². The van der Waals surface area contributed by atoms with Crippen molar-refractivity contribution in [3.63, 3.8) is 0 Å². The smallest absolute Gasteiger partial charge is 0.319 e. The van der Waals surface area contributed by atoms with Crippen LogP contribution in [0.25, 0.3) is 0 Å². The number of amides is 2. The molecule has 78 valence electrons. The Kier molecular flexibility index (Phi) is 5.41. The summed E-state index contributed by atoms with van der Waals surface area (Å²) in [6.45, 7) is 0.421. The minimum absolute atomic E-state index is 0.0703. The van der Waals surface area contributed by atoms with Gasteiger partial charge < -0.3 is 19.3 Å². The summed E-state index contributed by atoms with van der Waals surface area (Å²) in [7, 11) is 8.19. The second-order valence-electron chi connectivity index (χ2n) is 2.96. The molecule has 0 bridgehead atoms. The molecule has 0 saturated carbocycles. The predicted octanol–water partition coefficient (Wildman–Crippen LogP) is 0.219. The molecule has 0 aliphatic heterocycles. The highest BCUT2D eigenvalue weighted by molar-refractivity contribution is 5.73. The lowest BCUT2D eigenvalue weighted by Gasteiger charge is -2.24. The van der Waals surface area contributed by atoms with Crippen LogP contribution < -0.4 is 0 Å². The molecule has 13 heavy (non-hydrogen) atoms. The first kappa shape index (κ1) is 12.2. The van der Waals surface area contributed by atoms with Gasteiger partial charge in [0.1, 0.15) is 0 Å². The molecule has 5 heteroatoms. The van der Waals surface area contributed by atoms with E-state index in [2.05, 4.69) is 0 Å². The Hall–Kier alpha value is -0.810. The average Bonchev–Trinajstić information content (AvgIpc) is 2.12. The minimum atomic E-state index is -0.367. The highest BCUT2D eigenvalue weighted by Gasteiger charge is 2.15. The summed E-state index contributed by atoms with van der Waals surface area (Å²) in [5.74, 6) is 0. The molecule has 0 radical (unpaired) electrons. The summed E-state index contributed by atoms with van der Waals surface area (Å²) in [6.07, 6.45) is -0.367. The van der Waals surface area contributed by atoms with E-state index in [0.29, 0.717) is 6.54 Å². The lowest BCUT2D eigenvalue weighted by molar-refractivity contribution is -0.109. The van der Waals surface area contributed by atoms with E-state index in [1.807, 2.05) is 0 Å². The van der Waals surface area contributed by atoms with Crippen LogP contribution in [0.2, 0.25) is 0 Å². The summed E-state index contributed by atoms with van der Waals surface area (Å²) in [5, 5.41) is 0. The van der Waals surface area contributed by atoms with Crippen molar-refractivity contribution < 1.29 is 14.3 Å². The van der Waals surface area contributed by atoms with Gasteiger partial charge in [-0.3, -0.25) is 0 Å². The first-order valence-electron chi connectivity index (χ1n) is 4.01. The van der Waals surface area contributed by atoms with Gasteiger partial charge in [-0.1, -0.05) is 0 Å². The molecule has 0 heterocycles. The Balaban J connectivity index is 3.97. The maximum absolute atomic E-state index is 11.4. The van der Waals surface area contributed by atoms with Gasteiger partial charge in [0, 0.05) is 35.4 Å². The van der Waals surface area contributed by atoms with Crippen molar-refractivity contribution >= 4 is 6.03 Å². The molecular weight excluding hydrogens is 172 g/mol. The van der Waals surface area contributed by atoms with Gasteiger partial charge in [0.25, 0.3) is 0 Å². The molecule has 0 fully saturated rings. The summed E-state index contributed by atoms with van der Waals surface area (Å²) in [5.41, 5.74) is 0. The number of rotatable bonds is 4. The quantitative estimate of drug-likeness (QED) is 0.595. The van der Waals surface area contributed by atoms with Crippen LogP contribution in [0, 0.1) is 0 Å². The summed E-state index contributed by atoms with van der Waals surface area (Å²) in [4.78, 5) is 14.4. The maximum atomic E-state index is 11.4. The van der Waals surface area contributed by atoms with Crippen molar-refractivity contribution in [3.8, 4) is 0 Å². The van der Waals surface area contributed by atoms with E-state index in [1.165, 1.54) is 9.80 Å². The number of methoxy groups -OCH3 is 2. The van der Waals surface area contributed by atoms with E-state index in [1.54, 1.807) is 35.4 Å². The molecule has 0 aromatic heterocycles. The number of hydrogen-bond acceptors (Lipinski definition) is 3. The molecule has 0 saturated heterocycles. The molecule has 0 rings (SSSR count). The zero-order chi connectivity index (χ0) is 10.4. The van der Waals surface area contributed by atoms with Crippen molar-refractivity contribution in [2.45, 2.75) is 6.29 Å². The van der Waals surface area contributed by atoms with Crippen LogP contribution >= 0.6 is 0 Å². The normalized spacial score (nSPS) is 10.3. The molecule has 2 amide bonds. The zero-order valence-corrected chi connectivity index (χ0v) is 8.90. The summed E-state index contributed by atoms with van der Waals surface area (Å²) >= 11 is 0. The maximum Gasteiger partial charge on any atom is 0.319 e. The van der Waals surface area contributed by atoms with Gasteiger partial charge in [-0.05, 0) is 0 Å². The second-order valence-corrected chi connectivity index (χ2v) is 2.96. The first-order valence-corrected chi connectivity index (χ1v) is 4.01. The van der Waals surface area contributed by atoms with Gasteiger partial charge >= 0.3 is 6.03 Å². The van der Waals surface area contributed by atoms with E-state index in [-0.39, 0.29) is 12.3 Å². The Morgan fingerprint density at radius 2 is 1.69 bits per heavy atom. The molecule has 0 aromatic rings. The van der Waals surface area contributed by atoms with Crippen molar-refractivity contribution in [2.24, 2.45) is 0 Å². The number of likely N-dealkylation sites (N-methyl/N-ethyl adjacent to an activating group) is 1. The lowest BCUT2D eigenvalue weighted by Crippen LogP contribution is -2.41. The van der Waals surface area contributed by atoms with Gasteiger partial charge in [0.05, 0.1) is 6.54 Å². The molecule has 0 unspecified atom stereocenters. The second kappa shape index (κ2) is 5.77. The largest absolute Gasteiger partial charge is 0.354 e. The van der Waals surface area contributed by atoms with E-state index in [0.717, 1.165) is 0 Å². The van der Waals surface area contributed by atoms with E-state index < -0.39 is 0 Å². The molecule has 0 aliphatic carbocycles. The van der Waals surface area contributed by atoms with Crippen LogP contribution in [0.15, 0.2) is 0 Å². The predicted molar refractivity (Wildman–Crippen MR) is 49.5 cm³/mol. The van der Waals surface area contributed by atoms with Crippen molar-refractivity contribution in [2.75, 3.05) is 41.9 Å². The number of hydrogen-bond donors (Lipinski definition) is 0. The Labute approximate surface area is 79.2 Å². The molecule has 0 spiro atoms. The first-order chi connectivity index (χ1) is 6.02. The molecule has 0 atom stereocenters. The van der Waals surface area contributed by atoms with E-state index in [4.69, 9.17) is 9.47 Å². The van der Waals surface area contributed by atoms with Gasteiger partial charge in [0.2, 0.25) is 0 Å². The van der Waals surface area contributed by atoms with Crippen LogP contribution in [0.5, 0.6) is 0 Å². The van der Waals surface area contributed by atoms with Gasteiger partial charge in [0.15, 0.2) is 6.29 Å². The third-order valence-electron chi connectivity index (χ3n) is 1.66. The highest BCUT2D eigenvalue weighted by atomic mass is 16.7. The Morgan fingerprint density at radius 1 is 1.23 bits per heavy atom. The van der Waals surface area contributed by atoms with E-state index >= 15 is 0 Å². The van der Waals surface area contributed by atoms with Crippen LogP contribution in [0.4, 0.5) is 4.79 Å². The standard InChI is InChI=1S/C8H18N2O3/c1-9(2)8(11)10(3)6-7(12-4)13-5/h7H,6H2,1-5H3. The van der Waals surface area contributed by atoms with Gasteiger partial charge in [-0.2, -0.15) is 0 Å². The van der Waals surface area contributed by atoms with Crippen molar-refractivity contribution in [1.29, 1.82) is 0 Å². The fourth-order valence-electron chi connectivity index (χ4n) is 0.888. The fourth-order valence-corrected chi connectivity index (χ4v) is 0.888. The number of urea groups is 1. The lowest BCUT2D eigenvalue weighted by atomic mass is 10.5. The van der Waals surface area contributed by atoms with Crippen LogP contribution in [0.3, 0.4) is 0 Å². The third-order valence-corrected chi connectivity index (χ3v) is 1.66. The Morgan fingerprint density at radius 3 is 2.00 bits per heavy atom. The Bertz CT molecular complexity index is 157. The highest BCUT2D eigenvalue weighted by Crippen LogP contribution is 1.97. The van der Waals surface area contributed by atoms with Crippen molar-refractivity contribution in [1.82, 2.24) is 9.80 Å². The number of carbonyl (C=O) groups excluding carboxylic acids is 1. The summed E-state index contributed by atoms with van der Waals surface area (Å²) < 4.78 is 9.93. The monoisotopic (exact) mass is 190 g/mol. The molecule has 0 aromatic carbocycles. The summed E-state index contributed by atoms with van der Waals surface area (Å²) in [6, 6.07) is -0.0703. The molecule has 0 aliphatic rings. The minimum Gasteiger partial charge on any atom is -0.354 e. The van der Waals surface area contributed by atoms with E-state index in [9.17, 15) is 4.79 Å². The van der Waals surface area contributed by atoms with Gasteiger partial charge in [-0.25, -0.2) is 4.79 Å². The third kappa shape index (κ3) is 4.10. The SMILES string of the molecule is COC(CN(C)C(=O)N(C)C)OC. The molecule has 0 N–H and O–H groups in total. The van der Waals surface area contributed by atoms with Crippen molar-refractivity contribution in [3.05, 3.63) is 0 Å². The zero-order valence-electron chi connectivity index (χ0n) is 8.90. The average molecular weight is 190 g/mol. The van der Waals surface area contributed by atoms with Gasteiger partial charge in [-0.15, -0.1) is 0 Å². The number of nitrogens with zero attached hydrogens (tertiary/aromatic N) is 2.